The average molecular weight is 486 g/mol. The third-order valence-corrected chi connectivity index (χ3v) is 5.73. The van der Waals surface area contributed by atoms with Crippen molar-refractivity contribution in [2.24, 2.45) is 13.0 Å². The van der Waals surface area contributed by atoms with Gasteiger partial charge in [0.1, 0.15) is 0 Å². The molecule has 2 heterocycles. The Balaban J connectivity index is 2.13. The summed E-state index contributed by atoms with van der Waals surface area (Å²) in [4.78, 5) is 31.1. The molecule has 0 saturated heterocycles. The molecule has 3 N–H and O–H groups in total. The number of aromatic nitrogens is 4. The summed E-state index contributed by atoms with van der Waals surface area (Å²) in [6.07, 6.45) is 0.429. The van der Waals surface area contributed by atoms with Crippen LogP contribution in [0.2, 0.25) is 0 Å². The SMILES string of the molecule is CC(CNS(=O)(=O)O)CC(c1ccccc1)n1c(Br)nc2c1c(=O)[nH]c(=O)n2C. The Morgan fingerprint density at radius 2 is 1.93 bits per heavy atom. The summed E-state index contributed by atoms with van der Waals surface area (Å²) in [5.41, 5.74) is 0.199. The highest BCUT2D eigenvalue weighted by atomic mass is 79.9. The zero-order valence-electron chi connectivity index (χ0n) is 15.7. The van der Waals surface area contributed by atoms with Gasteiger partial charge in [0, 0.05) is 13.6 Å². The van der Waals surface area contributed by atoms with Crippen LogP contribution in [-0.4, -0.2) is 38.6 Å². The predicted molar refractivity (Wildman–Crippen MR) is 111 cm³/mol. The Morgan fingerprint density at radius 3 is 2.55 bits per heavy atom. The van der Waals surface area contributed by atoms with Gasteiger partial charge < -0.3 is 4.57 Å². The second kappa shape index (κ2) is 8.22. The van der Waals surface area contributed by atoms with Crippen LogP contribution in [0.1, 0.15) is 24.9 Å². The van der Waals surface area contributed by atoms with E-state index in [9.17, 15) is 18.0 Å². The van der Waals surface area contributed by atoms with Crippen LogP contribution in [0.25, 0.3) is 11.2 Å². The normalized spacial score (nSPS) is 14.2. The summed E-state index contributed by atoms with van der Waals surface area (Å²) in [6.45, 7) is 1.84. The number of H-pyrrole nitrogens is 1. The van der Waals surface area contributed by atoms with Gasteiger partial charge in [0.05, 0.1) is 6.04 Å². The molecule has 2 atom stereocenters. The molecule has 3 rings (SSSR count). The number of benzene rings is 1. The fourth-order valence-corrected chi connectivity index (χ4v) is 4.33. The molecule has 10 nitrogen and oxygen atoms in total. The van der Waals surface area contributed by atoms with Crippen molar-refractivity contribution in [2.45, 2.75) is 19.4 Å². The third-order valence-electron chi connectivity index (χ3n) is 4.64. The van der Waals surface area contributed by atoms with Gasteiger partial charge in [-0.3, -0.25) is 18.9 Å². The fourth-order valence-electron chi connectivity index (χ4n) is 3.24. The highest BCUT2D eigenvalue weighted by Crippen LogP contribution is 2.31. The van der Waals surface area contributed by atoms with Crippen LogP contribution in [-0.2, 0) is 17.4 Å². The standard InChI is InChI=1S/C17H20BrN5O5S/c1-10(9-19-29(26,27)28)8-12(11-6-4-3-5-7-11)23-13-14(20-16(23)18)22(2)17(25)21-15(13)24/h3-7,10,12,19H,8-9H2,1-2H3,(H,21,24,25)(H,26,27,28). The number of nitrogens with zero attached hydrogens (tertiary/aromatic N) is 3. The summed E-state index contributed by atoms with van der Waals surface area (Å²) in [5.74, 6) is -0.196. The van der Waals surface area contributed by atoms with Gasteiger partial charge in [-0.2, -0.15) is 13.1 Å². The first kappa shape index (κ1) is 21.4. The average Bonchev–Trinajstić information content (AvgIpc) is 3.00. The first-order chi connectivity index (χ1) is 13.6. The van der Waals surface area contributed by atoms with E-state index in [4.69, 9.17) is 4.55 Å². The monoisotopic (exact) mass is 485 g/mol. The van der Waals surface area contributed by atoms with Crippen LogP contribution in [0.4, 0.5) is 0 Å². The van der Waals surface area contributed by atoms with Gasteiger partial charge in [0.2, 0.25) is 0 Å². The van der Waals surface area contributed by atoms with E-state index in [0.29, 0.717) is 11.2 Å². The zero-order chi connectivity index (χ0) is 21.3. The molecular weight excluding hydrogens is 466 g/mol. The molecule has 0 aliphatic carbocycles. The van der Waals surface area contributed by atoms with Crippen LogP contribution in [0, 0.1) is 5.92 Å². The number of hydrogen-bond donors (Lipinski definition) is 3. The van der Waals surface area contributed by atoms with E-state index < -0.39 is 21.6 Å². The summed E-state index contributed by atoms with van der Waals surface area (Å²) in [6, 6.07) is 8.98. The lowest BCUT2D eigenvalue weighted by atomic mass is 9.95. The van der Waals surface area contributed by atoms with Crippen LogP contribution in [0.5, 0.6) is 0 Å². The number of imidazole rings is 1. The van der Waals surface area contributed by atoms with Crippen molar-refractivity contribution < 1.29 is 13.0 Å². The Morgan fingerprint density at radius 1 is 1.28 bits per heavy atom. The third kappa shape index (κ3) is 4.66. The van der Waals surface area contributed by atoms with Crippen molar-refractivity contribution in [3.8, 4) is 0 Å². The molecule has 0 amide bonds. The predicted octanol–water partition coefficient (Wildman–Crippen LogP) is 1.19. The number of nitrogens with one attached hydrogen (secondary N) is 2. The maximum absolute atomic E-state index is 12.6. The second-order valence-electron chi connectivity index (χ2n) is 6.83. The van der Waals surface area contributed by atoms with E-state index in [1.165, 1.54) is 11.6 Å². The van der Waals surface area contributed by atoms with E-state index in [2.05, 4.69) is 30.6 Å². The molecule has 12 heteroatoms. The number of halogens is 1. The van der Waals surface area contributed by atoms with Crippen LogP contribution in [0.3, 0.4) is 0 Å². The summed E-state index contributed by atoms with van der Waals surface area (Å²) < 4.78 is 36.3. The molecule has 2 aromatic heterocycles. The minimum absolute atomic E-state index is 0.0151. The van der Waals surface area contributed by atoms with Gasteiger partial charge >= 0.3 is 16.0 Å². The topological polar surface area (TPSA) is 139 Å². The van der Waals surface area contributed by atoms with E-state index in [-0.39, 0.29) is 29.7 Å². The van der Waals surface area contributed by atoms with Crippen molar-refractivity contribution in [2.75, 3.05) is 6.54 Å². The van der Waals surface area contributed by atoms with Gasteiger partial charge in [-0.25, -0.2) is 9.78 Å². The van der Waals surface area contributed by atoms with E-state index >= 15 is 0 Å². The Hall–Kier alpha value is -2.28. The van der Waals surface area contributed by atoms with Crippen molar-refractivity contribution in [1.82, 2.24) is 23.8 Å². The van der Waals surface area contributed by atoms with Gasteiger partial charge in [0.25, 0.3) is 5.56 Å². The maximum Gasteiger partial charge on any atom is 0.333 e. The molecular formula is C17H20BrN5O5S. The summed E-state index contributed by atoms with van der Waals surface area (Å²) in [7, 11) is -2.79. The van der Waals surface area contributed by atoms with Gasteiger partial charge in [0.15, 0.2) is 15.9 Å². The van der Waals surface area contributed by atoms with Crippen molar-refractivity contribution in [3.63, 3.8) is 0 Å². The van der Waals surface area contributed by atoms with Gasteiger partial charge in [-0.1, -0.05) is 37.3 Å². The Labute approximate surface area is 174 Å². The quantitative estimate of drug-likeness (QED) is 0.339. The lowest BCUT2D eigenvalue weighted by Gasteiger charge is -2.24. The number of aromatic amines is 1. The molecule has 0 aliphatic rings. The number of aryl methyl sites for hydroxylation is 1. The van der Waals surface area contributed by atoms with E-state index in [1.807, 2.05) is 37.3 Å². The number of hydrogen-bond acceptors (Lipinski definition) is 5. The molecule has 0 fully saturated rings. The Kier molecular flexibility index (Phi) is 6.08. The molecule has 0 spiro atoms. The molecule has 29 heavy (non-hydrogen) atoms. The van der Waals surface area contributed by atoms with Gasteiger partial charge in [-0.05, 0) is 33.8 Å². The van der Waals surface area contributed by atoms with E-state index in [0.717, 1.165) is 5.56 Å². The maximum atomic E-state index is 12.6. The first-order valence-corrected chi connectivity index (χ1v) is 11.0. The molecule has 0 radical (unpaired) electrons. The molecule has 156 valence electrons. The minimum Gasteiger partial charge on any atom is -0.305 e. The van der Waals surface area contributed by atoms with Gasteiger partial charge in [-0.15, -0.1) is 0 Å². The Bertz CT molecular complexity index is 1250. The zero-order valence-corrected chi connectivity index (χ0v) is 18.1. The summed E-state index contributed by atoms with van der Waals surface area (Å²) in [5, 5.41) is 0. The van der Waals surface area contributed by atoms with Crippen molar-refractivity contribution >= 4 is 37.4 Å². The van der Waals surface area contributed by atoms with Crippen LogP contribution >= 0.6 is 15.9 Å². The molecule has 0 aliphatic heterocycles. The van der Waals surface area contributed by atoms with Crippen LogP contribution < -0.4 is 16.0 Å². The largest absolute Gasteiger partial charge is 0.333 e. The highest BCUT2D eigenvalue weighted by molar-refractivity contribution is 9.10. The van der Waals surface area contributed by atoms with Crippen molar-refractivity contribution in [3.05, 3.63) is 61.5 Å². The molecule has 0 saturated carbocycles. The molecule has 1 aromatic carbocycles. The van der Waals surface area contributed by atoms with Crippen molar-refractivity contribution in [1.29, 1.82) is 0 Å². The molecule has 2 unspecified atom stereocenters. The van der Waals surface area contributed by atoms with E-state index in [1.54, 1.807) is 4.57 Å². The molecule has 3 aromatic rings. The second-order valence-corrected chi connectivity index (χ2v) is 8.78. The lowest BCUT2D eigenvalue weighted by molar-refractivity contribution is 0.410. The summed E-state index contributed by atoms with van der Waals surface area (Å²) >= 11 is 3.39. The number of rotatable bonds is 7. The first-order valence-electron chi connectivity index (χ1n) is 8.72. The van der Waals surface area contributed by atoms with Crippen LogP contribution in [0.15, 0.2) is 44.7 Å². The smallest absolute Gasteiger partial charge is 0.305 e. The molecule has 0 bridgehead atoms. The fraction of sp³-hybridized carbons (Fsp3) is 0.353. The minimum atomic E-state index is -4.30. The highest BCUT2D eigenvalue weighted by Gasteiger charge is 2.25. The lowest BCUT2D eigenvalue weighted by Crippen LogP contribution is -2.31. The number of fused-ring (bicyclic) bond motifs is 1.